The number of aryl methyl sites for hydroxylation is 2. The molecule has 104 valence electrons. The lowest BCUT2D eigenvalue weighted by Gasteiger charge is -2.09. The van der Waals surface area contributed by atoms with Gasteiger partial charge in [0.2, 0.25) is 0 Å². The molecule has 1 aromatic carbocycles. The van der Waals surface area contributed by atoms with Crippen molar-refractivity contribution < 1.29 is 4.74 Å². The first-order chi connectivity index (χ1) is 9.65. The Morgan fingerprint density at radius 2 is 2.05 bits per heavy atom. The van der Waals surface area contributed by atoms with E-state index in [4.69, 9.17) is 10.00 Å². The van der Waals surface area contributed by atoms with Crippen LogP contribution < -0.4 is 10.1 Å². The van der Waals surface area contributed by atoms with Crippen molar-refractivity contribution in [2.24, 2.45) is 7.05 Å². The molecule has 0 unspecified atom stereocenters. The number of ether oxygens (including phenoxy) is 1. The largest absolute Gasteiger partial charge is 0.494 e. The van der Waals surface area contributed by atoms with Gasteiger partial charge in [-0.05, 0) is 37.6 Å². The Morgan fingerprint density at radius 3 is 2.65 bits per heavy atom. The SMILES string of the molecule is CCCOc1ccc(Nc2c(C#N)c(C)nn2C)cc1. The highest BCUT2D eigenvalue weighted by Crippen LogP contribution is 2.24. The van der Waals surface area contributed by atoms with E-state index in [0.717, 1.165) is 23.6 Å². The minimum atomic E-state index is 0.568. The van der Waals surface area contributed by atoms with Gasteiger partial charge in [-0.3, -0.25) is 4.68 Å². The lowest BCUT2D eigenvalue weighted by Crippen LogP contribution is -2.00. The third-order valence-corrected chi connectivity index (χ3v) is 2.92. The van der Waals surface area contributed by atoms with Gasteiger partial charge in [0.1, 0.15) is 23.2 Å². The second-order valence-corrected chi connectivity index (χ2v) is 4.54. The first-order valence-corrected chi connectivity index (χ1v) is 6.59. The molecular formula is C15H18N4O. The summed E-state index contributed by atoms with van der Waals surface area (Å²) in [5, 5.41) is 16.6. The topological polar surface area (TPSA) is 62.9 Å². The van der Waals surface area contributed by atoms with Crippen LogP contribution in [0.2, 0.25) is 0 Å². The van der Waals surface area contributed by atoms with Crippen molar-refractivity contribution in [3.05, 3.63) is 35.5 Å². The predicted molar refractivity (Wildman–Crippen MR) is 78.2 cm³/mol. The van der Waals surface area contributed by atoms with E-state index in [2.05, 4.69) is 23.4 Å². The number of hydrogen-bond donors (Lipinski definition) is 1. The molecule has 0 aliphatic carbocycles. The average Bonchev–Trinajstić information content (AvgIpc) is 2.72. The van der Waals surface area contributed by atoms with Gasteiger partial charge < -0.3 is 10.1 Å². The third-order valence-electron chi connectivity index (χ3n) is 2.92. The van der Waals surface area contributed by atoms with Crippen LogP contribution in [0.3, 0.4) is 0 Å². The average molecular weight is 270 g/mol. The number of hydrogen-bond acceptors (Lipinski definition) is 4. The Kier molecular flexibility index (Phi) is 4.26. The second kappa shape index (κ2) is 6.11. The highest BCUT2D eigenvalue weighted by Gasteiger charge is 2.12. The standard InChI is InChI=1S/C15H18N4O/c1-4-9-20-13-7-5-12(6-8-13)17-15-14(10-16)11(2)18-19(15)3/h5-8,17H,4,9H2,1-3H3. The minimum absolute atomic E-state index is 0.568. The van der Waals surface area contributed by atoms with E-state index in [-0.39, 0.29) is 0 Å². The van der Waals surface area contributed by atoms with Crippen LogP contribution in [0.25, 0.3) is 0 Å². The highest BCUT2D eigenvalue weighted by atomic mass is 16.5. The van der Waals surface area contributed by atoms with Crippen molar-refractivity contribution in [3.8, 4) is 11.8 Å². The van der Waals surface area contributed by atoms with Gasteiger partial charge >= 0.3 is 0 Å². The van der Waals surface area contributed by atoms with Gasteiger partial charge in [0, 0.05) is 12.7 Å². The van der Waals surface area contributed by atoms with Gasteiger partial charge in [0.15, 0.2) is 0 Å². The molecule has 0 radical (unpaired) electrons. The van der Waals surface area contributed by atoms with Crippen LogP contribution in [0.1, 0.15) is 24.6 Å². The molecule has 0 fully saturated rings. The third kappa shape index (κ3) is 2.91. The molecule has 2 rings (SSSR count). The van der Waals surface area contributed by atoms with Crippen LogP contribution >= 0.6 is 0 Å². The van der Waals surface area contributed by atoms with Crippen molar-refractivity contribution in [1.29, 1.82) is 5.26 Å². The molecule has 0 bridgehead atoms. The minimum Gasteiger partial charge on any atom is -0.494 e. The smallest absolute Gasteiger partial charge is 0.146 e. The molecule has 1 N–H and O–H groups in total. The van der Waals surface area contributed by atoms with E-state index < -0.39 is 0 Å². The summed E-state index contributed by atoms with van der Waals surface area (Å²) in [5.41, 5.74) is 2.19. The second-order valence-electron chi connectivity index (χ2n) is 4.54. The van der Waals surface area contributed by atoms with Crippen molar-refractivity contribution in [3.63, 3.8) is 0 Å². The molecular weight excluding hydrogens is 252 g/mol. The first kappa shape index (κ1) is 13.9. The zero-order valence-corrected chi connectivity index (χ0v) is 12.0. The summed E-state index contributed by atoms with van der Waals surface area (Å²) in [7, 11) is 1.81. The number of rotatable bonds is 5. The molecule has 1 aromatic heterocycles. The lowest BCUT2D eigenvalue weighted by molar-refractivity contribution is 0.317. The maximum atomic E-state index is 9.17. The number of benzene rings is 1. The molecule has 2 aromatic rings. The Labute approximate surface area is 118 Å². The molecule has 0 amide bonds. The van der Waals surface area contributed by atoms with Crippen molar-refractivity contribution in [1.82, 2.24) is 9.78 Å². The molecule has 0 aliphatic rings. The molecule has 5 nitrogen and oxygen atoms in total. The van der Waals surface area contributed by atoms with E-state index >= 15 is 0 Å². The molecule has 1 heterocycles. The molecule has 20 heavy (non-hydrogen) atoms. The van der Waals surface area contributed by atoms with Gasteiger partial charge in [0.25, 0.3) is 0 Å². The molecule has 0 spiro atoms. The zero-order valence-electron chi connectivity index (χ0n) is 12.0. The van der Waals surface area contributed by atoms with E-state index in [1.54, 1.807) is 4.68 Å². The maximum absolute atomic E-state index is 9.17. The van der Waals surface area contributed by atoms with Crippen LogP contribution in [0.4, 0.5) is 11.5 Å². The van der Waals surface area contributed by atoms with Crippen LogP contribution in [0, 0.1) is 18.3 Å². The number of nitriles is 1. The monoisotopic (exact) mass is 270 g/mol. The first-order valence-electron chi connectivity index (χ1n) is 6.59. The molecule has 0 saturated carbocycles. The summed E-state index contributed by atoms with van der Waals surface area (Å²) < 4.78 is 7.21. The van der Waals surface area contributed by atoms with Crippen LogP contribution in [0.15, 0.2) is 24.3 Å². The fourth-order valence-corrected chi connectivity index (χ4v) is 1.93. The maximum Gasteiger partial charge on any atom is 0.146 e. The van der Waals surface area contributed by atoms with Gasteiger partial charge in [-0.25, -0.2) is 0 Å². The van der Waals surface area contributed by atoms with E-state index in [1.165, 1.54) is 0 Å². The van der Waals surface area contributed by atoms with E-state index in [9.17, 15) is 0 Å². The van der Waals surface area contributed by atoms with E-state index in [1.807, 2.05) is 38.2 Å². The van der Waals surface area contributed by atoms with Gasteiger partial charge in [-0.1, -0.05) is 6.92 Å². The predicted octanol–water partition coefficient (Wildman–Crippen LogP) is 3.13. The molecule has 0 saturated heterocycles. The summed E-state index contributed by atoms with van der Waals surface area (Å²) in [6.45, 7) is 4.61. The summed E-state index contributed by atoms with van der Waals surface area (Å²) in [6.07, 6.45) is 0.986. The summed E-state index contributed by atoms with van der Waals surface area (Å²) in [6, 6.07) is 9.84. The number of anilines is 2. The number of nitrogens with zero attached hydrogens (tertiary/aromatic N) is 3. The zero-order chi connectivity index (χ0) is 14.5. The molecule has 0 atom stereocenters. The van der Waals surface area contributed by atoms with Crippen LogP contribution in [0.5, 0.6) is 5.75 Å². The lowest BCUT2D eigenvalue weighted by atomic mass is 10.2. The Morgan fingerprint density at radius 1 is 1.35 bits per heavy atom. The summed E-state index contributed by atoms with van der Waals surface area (Å²) in [5.74, 6) is 1.55. The van der Waals surface area contributed by atoms with Gasteiger partial charge in [-0.2, -0.15) is 10.4 Å². The van der Waals surface area contributed by atoms with Crippen LogP contribution in [-0.2, 0) is 7.05 Å². The number of nitrogens with one attached hydrogen (secondary N) is 1. The fraction of sp³-hybridized carbons (Fsp3) is 0.333. The van der Waals surface area contributed by atoms with Crippen molar-refractivity contribution in [2.75, 3.05) is 11.9 Å². The highest BCUT2D eigenvalue weighted by molar-refractivity contribution is 5.64. The van der Waals surface area contributed by atoms with E-state index in [0.29, 0.717) is 18.0 Å². The van der Waals surface area contributed by atoms with Gasteiger partial charge in [0.05, 0.1) is 12.3 Å². The van der Waals surface area contributed by atoms with Crippen molar-refractivity contribution in [2.45, 2.75) is 20.3 Å². The normalized spacial score (nSPS) is 10.1. The summed E-state index contributed by atoms with van der Waals surface area (Å²) >= 11 is 0. The van der Waals surface area contributed by atoms with Crippen molar-refractivity contribution >= 4 is 11.5 Å². The molecule has 0 aliphatic heterocycles. The number of aromatic nitrogens is 2. The Bertz CT molecular complexity index is 623. The molecule has 5 heteroatoms. The summed E-state index contributed by atoms with van der Waals surface area (Å²) in [4.78, 5) is 0. The quantitative estimate of drug-likeness (QED) is 0.906. The fourth-order valence-electron chi connectivity index (χ4n) is 1.93. The van der Waals surface area contributed by atoms with Crippen LogP contribution in [-0.4, -0.2) is 16.4 Å². The Hall–Kier alpha value is -2.48. The van der Waals surface area contributed by atoms with Gasteiger partial charge in [-0.15, -0.1) is 0 Å². The Balaban J connectivity index is 2.17.